The van der Waals surface area contributed by atoms with Crippen molar-refractivity contribution in [3.8, 4) is 11.3 Å². The third kappa shape index (κ3) is 3.59. The second kappa shape index (κ2) is 6.92. The number of aromatic nitrogens is 2. The van der Waals surface area contributed by atoms with Crippen LogP contribution in [-0.2, 0) is 6.54 Å². The molecule has 1 aliphatic heterocycles. The van der Waals surface area contributed by atoms with E-state index in [0.29, 0.717) is 24.5 Å². The number of nitrogens with one attached hydrogen (secondary N) is 1. The van der Waals surface area contributed by atoms with E-state index in [9.17, 15) is 13.6 Å². The molecule has 2 heterocycles. The van der Waals surface area contributed by atoms with E-state index in [0.717, 1.165) is 29.4 Å². The van der Waals surface area contributed by atoms with Crippen molar-refractivity contribution in [2.75, 3.05) is 25.0 Å². The Hall–Kier alpha value is -3.06. The lowest BCUT2D eigenvalue weighted by Crippen LogP contribution is -2.26. The number of halogens is 2. The van der Waals surface area contributed by atoms with Gasteiger partial charge in [0.2, 0.25) is 0 Å². The van der Waals surface area contributed by atoms with Gasteiger partial charge in [0, 0.05) is 48.7 Å². The van der Waals surface area contributed by atoms with Gasteiger partial charge in [0.25, 0.3) is 5.56 Å². The Morgan fingerprint density at radius 2 is 1.78 bits per heavy atom. The van der Waals surface area contributed by atoms with Gasteiger partial charge in [-0.2, -0.15) is 5.10 Å². The van der Waals surface area contributed by atoms with Gasteiger partial charge in [-0.15, -0.1) is 0 Å². The fraction of sp³-hybridized carbons (Fsp3) is 0.200. The van der Waals surface area contributed by atoms with Crippen LogP contribution in [0, 0.1) is 11.6 Å². The predicted molar refractivity (Wildman–Crippen MR) is 100.0 cm³/mol. The van der Waals surface area contributed by atoms with Crippen LogP contribution in [0.3, 0.4) is 0 Å². The minimum absolute atomic E-state index is 0.257. The Labute approximate surface area is 154 Å². The molecule has 0 amide bonds. The quantitative estimate of drug-likeness (QED) is 0.754. The fourth-order valence-corrected chi connectivity index (χ4v) is 3.36. The minimum Gasteiger partial charge on any atom is -0.340 e. The third-order valence-corrected chi connectivity index (χ3v) is 4.65. The number of likely N-dealkylation sites (N-methyl/N-ethyl adjacent to an activating group) is 1. The van der Waals surface area contributed by atoms with Gasteiger partial charge in [-0.3, -0.25) is 4.79 Å². The molecule has 0 radical (unpaired) electrons. The van der Waals surface area contributed by atoms with Crippen molar-refractivity contribution in [1.82, 2.24) is 15.1 Å². The molecule has 0 spiro atoms. The van der Waals surface area contributed by atoms with Crippen LogP contribution < -0.4 is 10.5 Å². The Morgan fingerprint density at radius 3 is 2.48 bits per heavy atom. The summed E-state index contributed by atoms with van der Waals surface area (Å²) in [4.78, 5) is 15.3. The van der Waals surface area contributed by atoms with E-state index < -0.39 is 11.6 Å². The highest BCUT2D eigenvalue weighted by atomic mass is 19.1. The second-order valence-electron chi connectivity index (χ2n) is 6.67. The van der Waals surface area contributed by atoms with Gasteiger partial charge in [-0.25, -0.2) is 13.9 Å². The topological polar surface area (TPSA) is 52.2 Å². The van der Waals surface area contributed by atoms with Gasteiger partial charge >= 0.3 is 0 Å². The van der Waals surface area contributed by atoms with E-state index in [-0.39, 0.29) is 5.56 Å². The summed E-state index contributed by atoms with van der Waals surface area (Å²) in [6, 6.07) is 12.5. The van der Waals surface area contributed by atoms with Gasteiger partial charge < -0.3 is 9.80 Å². The van der Waals surface area contributed by atoms with Crippen LogP contribution in [0.1, 0.15) is 5.56 Å². The first-order valence-corrected chi connectivity index (χ1v) is 8.61. The van der Waals surface area contributed by atoms with E-state index >= 15 is 0 Å². The number of hydrogen-bond acceptors (Lipinski definition) is 4. The highest BCUT2D eigenvalue weighted by molar-refractivity contribution is 5.72. The lowest BCUT2D eigenvalue weighted by molar-refractivity contribution is 0.343. The average molecular weight is 368 g/mol. The molecule has 0 saturated carbocycles. The molecule has 3 aromatic rings. The van der Waals surface area contributed by atoms with Crippen LogP contribution in [0.2, 0.25) is 0 Å². The van der Waals surface area contributed by atoms with E-state index in [1.54, 1.807) is 6.07 Å². The van der Waals surface area contributed by atoms with E-state index in [1.807, 2.05) is 30.1 Å². The maximum absolute atomic E-state index is 13.7. The summed E-state index contributed by atoms with van der Waals surface area (Å²) < 4.78 is 27.5. The number of rotatable bonds is 2. The lowest BCUT2D eigenvalue weighted by Gasteiger charge is -2.25. The fourth-order valence-electron chi connectivity index (χ4n) is 3.36. The maximum Gasteiger partial charge on any atom is 0.264 e. The highest BCUT2D eigenvalue weighted by Gasteiger charge is 2.21. The van der Waals surface area contributed by atoms with Crippen LogP contribution in [0.5, 0.6) is 0 Å². The van der Waals surface area contributed by atoms with Crippen molar-refractivity contribution in [3.05, 3.63) is 76.1 Å². The number of benzene rings is 2. The molecule has 0 unspecified atom stereocenters. The van der Waals surface area contributed by atoms with Gasteiger partial charge in [0.1, 0.15) is 11.6 Å². The molecule has 0 saturated heterocycles. The van der Waals surface area contributed by atoms with E-state index in [1.165, 1.54) is 18.2 Å². The molecular weight excluding hydrogens is 350 g/mol. The summed E-state index contributed by atoms with van der Waals surface area (Å²) >= 11 is 0. The third-order valence-electron chi connectivity index (χ3n) is 4.65. The number of nitrogens with zero attached hydrogens (tertiary/aromatic N) is 3. The Morgan fingerprint density at radius 1 is 1.00 bits per heavy atom. The van der Waals surface area contributed by atoms with Crippen molar-refractivity contribution in [2.24, 2.45) is 0 Å². The number of H-pyrrole nitrogens is 1. The van der Waals surface area contributed by atoms with Crippen LogP contribution in [0.25, 0.3) is 11.3 Å². The normalized spacial score (nSPS) is 14.7. The van der Waals surface area contributed by atoms with Crippen LogP contribution >= 0.6 is 0 Å². The molecule has 5 nitrogen and oxygen atoms in total. The summed E-state index contributed by atoms with van der Waals surface area (Å²) in [5.41, 5.74) is 3.67. The van der Waals surface area contributed by atoms with E-state index in [2.05, 4.69) is 15.1 Å². The molecule has 7 heteroatoms. The molecule has 4 rings (SSSR count). The predicted octanol–water partition coefficient (Wildman–Crippen LogP) is 3.30. The zero-order chi connectivity index (χ0) is 19.0. The van der Waals surface area contributed by atoms with Gasteiger partial charge in [-0.1, -0.05) is 6.07 Å². The van der Waals surface area contributed by atoms with Crippen LogP contribution in [-0.4, -0.2) is 35.2 Å². The molecule has 1 N–H and O–H groups in total. The first-order chi connectivity index (χ1) is 13.0. The maximum atomic E-state index is 13.7. The Bertz CT molecular complexity index is 1010. The smallest absolute Gasteiger partial charge is 0.264 e. The Kier molecular flexibility index (Phi) is 4.45. The summed E-state index contributed by atoms with van der Waals surface area (Å²) in [5, 5.41) is 6.51. The molecule has 1 aromatic heterocycles. The molecule has 0 bridgehead atoms. The number of hydrogen-bond donors (Lipinski definition) is 1. The van der Waals surface area contributed by atoms with E-state index in [4.69, 9.17) is 0 Å². The van der Waals surface area contributed by atoms with Gasteiger partial charge in [0.15, 0.2) is 0 Å². The monoisotopic (exact) mass is 368 g/mol. The molecule has 0 atom stereocenters. The van der Waals surface area contributed by atoms with Gasteiger partial charge in [0.05, 0.1) is 5.69 Å². The first kappa shape index (κ1) is 17.4. The van der Waals surface area contributed by atoms with Crippen molar-refractivity contribution in [1.29, 1.82) is 0 Å². The minimum atomic E-state index is -0.599. The second-order valence-corrected chi connectivity index (χ2v) is 6.67. The number of aromatic amines is 1. The summed E-state index contributed by atoms with van der Waals surface area (Å²) in [6.07, 6.45) is 0. The number of anilines is 2. The van der Waals surface area contributed by atoms with Crippen molar-refractivity contribution < 1.29 is 8.78 Å². The molecule has 27 heavy (non-hydrogen) atoms. The van der Waals surface area contributed by atoms with Crippen LogP contribution in [0.4, 0.5) is 20.2 Å². The van der Waals surface area contributed by atoms with Crippen molar-refractivity contribution in [2.45, 2.75) is 6.54 Å². The molecule has 0 aliphatic carbocycles. The van der Waals surface area contributed by atoms with Crippen molar-refractivity contribution >= 4 is 11.4 Å². The standard InChI is InChI=1S/C20H18F2N4O/c1-25-6-7-26(17-10-15(21)9-16(22)11-17)19-4-2-13(8-14(19)12-25)18-3-5-20(27)24-23-18/h2-5,8-11H,6-7,12H2,1H3,(H,24,27). The molecule has 1 aliphatic rings. The molecule has 2 aromatic carbocycles. The largest absolute Gasteiger partial charge is 0.340 e. The van der Waals surface area contributed by atoms with Crippen molar-refractivity contribution in [3.63, 3.8) is 0 Å². The zero-order valence-corrected chi connectivity index (χ0v) is 14.7. The number of fused-ring (bicyclic) bond motifs is 1. The lowest BCUT2D eigenvalue weighted by atomic mass is 10.0. The molecule has 138 valence electrons. The average Bonchev–Trinajstić information content (AvgIpc) is 2.79. The van der Waals surface area contributed by atoms with Gasteiger partial charge in [-0.05, 0) is 42.9 Å². The summed E-state index contributed by atoms with van der Waals surface area (Å²) in [6.45, 7) is 2.06. The molecule has 0 fully saturated rings. The summed E-state index contributed by atoms with van der Waals surface area (Å²) in [7, 11) is 2.00. The Balaban J connectivity index is 1.80. The summed E-state index contributed by atoms with van der Waals surface area (Å²) in [5.74, 6) is -1.20. The van der Waals surface area contributed by atoms with Crippen LogP contribution in [0.15, 0.2) is 53.3 Å². The SMILES string of the molecule is CN1CCN(c2cc(F)cc(F)c2)c2ccc(-c3ccc(=O)[nH]n3)cc2C1. The molecular formula is C20H18F2N4O. The highest BCUT2D eigenvalue weighted by Crippen LogP contribution is 2.34. The first-order valence-electron chi connectivity index (χ1n) is 8.61. The zero-order valence-electron chi connectivity index (χ0n) is 14.7.